The van der Waals surface area contributed by atoms with Crippen LogP contribution in [0, 0.1) is 0 Å². The van der Waals surface area contributed by atoms with E-state index in [0.29, 0.717) is 25.7 Å². The molecule has 110 heavy (non-hydrogen) atoms. The summed E-state index contributed by atoms with van der Waals surface area (Å²) in [5, 5.41) is 10.7. The largest absolute Gasteiger partial charge is 0.472 e. The molecule has 624 valence electrons. The third kappa shape index (κ3) is 80.2. The minimum absolute atomic E-state index is 0.0637. The molecule has 0 amide bonds. The molecule has 5 unspecified atom stereocenters. The van der Waals surface area contributed by atoms with Crippen LogP contribution in [0.3, 0.4) is 0 Å². The van der Waals surface area contributed by atoms with Crippen LogP contribution in [0.4, 0.5) is 0 Å². The van der Waals surface area contributed by atoms with E-state index in [4.69, 9.17) is 37.0 Å². The molecule has 0 aromatic rings. The average Bonchev–Trinajstić information content (AvgIpc) is 0.900. The number of ether oxygens (including phenoxy) is 4. The fourth-order valence-electron chi connectivity index (χ4n) is 10.6. The molecule has 0 saturated heterocycles. The van der Waals surface area contributed by atoms with Crippen LogP contribution in [0.2, 0.25) is 0 Å². The number of phosphoric ester groups is 2. The van der Waals surface area contributed by atoms with Crippen LogP contribution in [0.25, 0.3) is 0 Å². The highest BCUT2D eigenvalue weighted by Crippen LogP contribution is 2.45. The minimum atomic E-state index is -5.00. The molecule has 0 aliphatic carbocycles. The topological polar surface area (TPSA) is 237 Å². The Hall–Kier alpha value is -5.84. The molecule has 0 saturated carbocycles. The van der Waals surface area contributed by atoms with Crippen LogP contribution in [0.5, 0.6) is 0 Å². The summed E-state index contributed by atoms with van der Waals surface area (Å²) in [7, 11) is -10.0. The summed E-state index contributed by atoms with van der Waals surface area (Å²) < 4.78 is 68.7. The van der Waals surface area contributed by atoms with Crippen molar-refractivity contribution in [2.24, 2.45) is 0 Å². The molecule has 19 heteroatoms. The molecule has 0 aromatic heterocycles. The molecule has 0 aromatic carbocycles. The normalized spacial score (nSPS) is 14.7. The lowest BCUT2D eigenvalue weighted by Gasteiger charge is -2.21. The van der Waals surface area contributed by atoms with Crippen LogP contribution in [-0.4, -0.2) is 96.7 Å². The summed E-state index contributed by atoms with van der Waals surface area (Å²) in [4.78, 5) is 73.2. The van der Waals surface area contributed by atoms with Gasteiger partial charge in [0.25, 0.3) is 0 Å². The zero-order valence-electron chi connectivity index (χ0n) is 68.4. The van der Waals surface area contributed by atoms with E-state index in [0.717, 1.165) is 231 Å². The molecule has 0 fully saturated rings. The highest BCUT2D eigenvalue weighted by Gasteiger charge is 2.30. The third-order valence-electron chi connectivity index (χ3n) is 16.8. The standard InChI is InChI=1S/C91H148O17P2/c1-5-9-13-17-21-25-29-33-36-39-42-45-48-52-55-59-63-67-71-75-88(93)101-81-86(107-90(95)77-73-69-65-61-57-51-32-28-24-20-16-12-8-4)83-105-109(97,98)103-79-85(92)80-104-110(99,100)106-84-87(108-91(96)78-74-70-66-62-58-54-50-47-44-41-38-35-31-27-23-19-15-11-7-3)82-102-89(94)76-72-68-64-60-56-53-49-46-43-40-37-34-30-26-22-18-14-10-6-2/h9-11,13-16,20-23,25-28,32-38,42-47,53,56,85-87,92H,5-8,12,17-19,24,29-31,39-41,48-52,54-55,57-84H2,1-4H3,(H,97,98)(H,99,100)/b13-9-,14-10-,15-11-,20-16-,25-21-,26-22-,27-23-,32-28-,36-33-,37-34-,38-35-,45-42-,46-43-,47-44-,56-53-. The predicted octanol–water partition coefficient (Wildman–Crippen LogP) is 25.1. The number of hydrogen-bond acceptors (Lipinski definition) is 15. The summed E-state index contributed by atoms with van der Waals surface area (Å²) in [5.74, 6) is -2.27. The first-order valence-corrected chi connectivity index (χ1v) is 45.0. The van der Waals surface area contributed by atoms with Crippen LogP contribution in [0.1, 0.15) is 310 Å². The molecule has 5 atom stereocenters. The van der Waals surface area contributed by atoms with Gasteiger partial charge in [0.15, 0.2) is 12.2 Å². The van der Waals surface area contributed by atoms with Crippen molar-refractivity contribution in [3.8, 4) is 0 Å². The van der Waals surface area contributed by atoms with E-state index in [2.05, 4.69) is 210 Å². The Morgan fingerprint density at radius 1 is 0.264 bits per heavy atom. The summed E-state index contributed by atoms with van der Waals surface area (Å²) in [6.07, 6.45) is 98.5. The number of aliphatic hydroxyl groups excluding tert-OH is 1. The Bertz CT molecular complexity index is 2800. The molecule has 3 N–H and O–H groups in total. The van der Waals surface area contributed by atoms with E-state index >= 15 is 0 Å². The Morgan fingerprint density at radius 2 is 0.473 bits per heavy atom. The van der Waals surface area contributed by atoms with Gasteiger partial charge < -0.3 is 33.8 Å². The Labute approximate surface area is 666 Å². The molecule has 0 rings (SSSR count). The second kappa shape index (κ2) is 81.2. The van der Waals surface area contributed by atoms with E-state index in [-0.39, 0.29) is 25.7 Å². The van der Waals surface area contributed by atoms with Crippen molar-refractivity contribution in [2.45, 2.75) is 329 Å². The van der Waals surface area contributed by atoms with Gasteiger partial charge in [-0.1, -0.05) is 293 Å². The highest BCUT2D eigenvalue weighted by atomic mass is 31.2. The average molecular weight is 1580 g/mol. The minimum Gasteiger partial charge on any atom is -0.462 e. The van der Waals surface area contributed by atoms with Gasteiger partial charge in [-0.2, -0.15) is 0 Å². The number of aliphatic hydroxyl groups is 1. The number of allylic oxidation sites excluding steroid dienone is 30. The predicted molar refractivity (Wildman–Crippen MR) is 454 cm³/mol. The van der Waals surface area contributed by atoms with Crippen LogP contribution in [-0.2, 0) is 65.4 Å². The molecule has 0 aliphatic rings. The second-order valence-corrected chi connectivity index (χ2v) is 30.2. The highest BCUT2D eigenvalue weighted by molar-refractivity contribution is 7.47. The number of unbranched alkanes of at least 4 members (excludes halogenated alkanes) is 21. The molecule has 17 nitrogen and oxygen atoms in total. The summed E-state index contributed by atoms with van der Waals surface area (Å²) in [5.41, 5.74) is 0. The summed E-state index contributed by atoms with van der Waals surface area (Å²) in [6, 6.07) is 0. The van der Waals surface area contributed by atoms with Gasteiger partial charge in [0, 0.05) is 25.7 Å². The van der Waals surface area contributed by atoms with E-state index < -0.39 is 97.5 Å². The van der Waals surface area contributed by atoms with Gasteiger partial charge in [-0.05, 0) is 173 Å². The number of phosphoric acid groups is 2. The van der Waals surface area contributed by atoms with Crippen molar-refractivity contribution in [1.29, 1.82) is 0 Å². The van der Waals surface area contributed by atoms with Gasteiger partial charge >= 0.3 is 39.5 Å². The van der Waals surface area contributed by atoms with Gasteiger partial charge in [0.1, 0.15) is 19.3 Å². The number of rotatable bonds is 77. The maximum absolute atomic E-state index is 13.1. The maximum atomic E-state index is 13.1. The third-order valence-corrected chi connectivity index (χ3v) is 18.7. The summed E-state index contributed by atoms with van der Waals surface area (Å²) in [6.45, 7) is 4.39. The van der Waals surface area contributed by atoms with Crippen molar-refractivity contribution in [3.63, 3.8) is 0 Å². The van der Waals surface area contributed by atoms with Gasteiger partial charge in [-0.3, -0.25) is 37.3 Å². The SMILES string of the molecule is CC/C=C\C/C=C\C/C=C\C/C=C\C/C=C\CCCCCC(=O)OCC(COP(=O)(O)OCC(O)COP(=O)(O)OCC(COC(=O)CCCCCCCC/C=C\C/C=C\C/C=C\C/C=C\CC)OC(=O)CCCCCCC/C=C\C/C=C\CCC)OC(=O)CCCCCCCC/C=C\C/C=C\C/C=C\C/C=C\CC. The van der Waals surface area contributed by atoms with Crippen molar-refractivity contribution in [3.05, 3.63) is 182 Å². The molecule has 0 radical (unpaired) electrons. The van der Waals surface area contributed by atoms with E-state index in [1.807, 2.05) is 0 Å². The number of hydrogen-bond donors (Lipinski definition) is 3. The molecule has 0 heterocycles. The maximum Gasteiger partial charge on any atom is 0.472 e. The van der Waals surface area contributed by atoms with Gasteiger partial charge in [0.05, 0.1) is 26.4 Å². The number of carbonyl (C=O) groups excluding carboxylic acids is 4. The fourth-order valence-corrected chi connectivity index (χ4v) is 12.1. The molecular formula is C91H148O17P2. The Balaban J connectivity index is 5.44. The lowest BCUT2D eigenvalue weighted by molar-refractivity contribution is -0.161. The zero-order chi connectivity index (χ0) is 80.3. The molecule has 0 spiro atoms. The smallest absolute Gasteiger partial charge is 0.462 e. The quantitative estimate of drug-likeness (QED) is 0.0169. The van der Waals surface area contributed by atoms with E-state index in [1.165, 1.54) is 0 Å². The van der Waals surface area contributed by atoms with Crippen molar-refractivity contribution < 1.29 is 80.2 Å². The first-order chi connectivity index (χ1) is 53.7. The zero-order valence-corrected chi connectivity index (χ0v) is 70.1. The monoisotopic (exact) mass is 1580 g/mol. The molecule has 0 aliphatic heterocycles. The Kier molecular flexibility index (Phi) is 76.9. The summed E-state index contributed by atoms with van der Waals surface area (Å²) >= 11 is 0. The van der Waals surface area contributed by atoms with Crippen LogP contribution < -0.4 is 0 Å². The van der Waals surface area contributed by atoms with Crippen LogP contribution in [0.15, 0.2) is 182 Å². The van der Waals surface area contributed by atoms with E-state index in [9.17, 15) is 43.2 Å². The van der Waals surface area contributed by atoms with Crippen molar-refractivity contribution in [2.75, 3.05) is 39.6 Å². The number of esters is 4. The molecule has 0 bridgehead atoms. The lowest BCUT2D eigenvalue weighted by Crippen LogP contribution is -2.30. The van der Waals surface area contributed by atoms with Gasteiger partial charge in [-0.15, -0.1) is 0 Å². The van der Waals surface area contributed by atoms with Gasteiger partial charge in [0.2, 0.25) is 0 Å². The fraction of sp³-hybridized carbons (Fsp3) is 0.626. The van der Waals surface area contributed by atoms with Crippen LogP contribution >= 0.6 is 15.6 Å². The Morgan fingerprint density at radius 3 is 0.736 bits per heavy atom. The first-order valence-electron chi connectivity index (χ1n) is 42.0. The second-order valence-electron chi connectivity index (χ2n) is 27.3. The van der Waals surface area contributed by atoms with E-state index in [1.54, 1.807) is 0 Å². The van der Waals surface area contributed by atoms with Gasteiger partial charge in [-0.25, -0.2) is 9.13 Å². The molecular weight excluding hydrogens is 1430 g/mol. The number of carbonyl (C=O) groups is 4. The lowest BCUT2D eigenvalue weighted by atomic mass is 10.1. The van der Waals surface area contributed by atoms with Crippen molar-refractivity contribution >= 4 is 39.5 Å². The van der Waals surface area contributed by atoms with Crippen molar-refractivity contribution in [1.82, 2.24) is 0 Å². The first kappa shape index (κ1) is 104.